The Bertz CT molecular complexity index is 255. The first-order chi connectivity index (χ1) is 4.77. The molecule has 0 spiro atoms. The molecule has 54 valence electrons. The molecule has 0 bridgehead atoms. The first kappa shape index (κ1) is 6.37. The van der Waals surface area contributed by atoms with Crippen molar-refractivity contribution in [2.75, 3.05) is 0 Å². The molecule has 0 radical (unpaired) electrons. The second-order valence-electron chi connectivity index (χ2n) is 2.57. The van der Waals surface area contributed by atoms with E-state index in [9.17, 15) is 0 Å². The molecule has 0 saturated heterocycles. The lowest BCUT2D eigenvalue weighted by atomic mass is 10.3. The third-order valence-electron chi connectivity index (χ3n) is 1.75. The van der Waals surface area contributed by atoms with E-state index >= 15 is 0 Å². The second-order valence-corrected chi connectivity index (χ2v) is 3.38. The highest BCUT2D eigenvalue weighted by atomic mass is 79.9. The molecule has 1 aromatic heterocycles. The van der Waals surface area contributed by atoms with Crippen molar-refractivity contribution in [2.24, 2.45) is 5.73 Å². The van der Waals surface area contributed by atoms with Crippen LogP contribution in [0.1, 0.15) is 5.82 Å². The fraction of sp³-hybridized carbons (Fsp3) is 0.500. The number of hydrogen-bond donors (Lipinski definition) is 1. The highest BCUT2D eigenvalue weighted by molar-refractivity contribution is 9.10. The Morgan fingerprint density at radius 3 is 3.30 bits per heavy atom. The van der Waals surface area contributed by atoms with Gasteiger partial charge in [-0.1, -0.05) is 0 Å². The van der Waals surface area contributed by atoms with Crippen molar-refractivity contribution in [3.8, 4) is 0 Å². The molecule has 3 nitrogen and oxygen atoms in total. The predicted molar refractivity (Wildman–Crippen MR) is 41.6 cm³/mol. The molecular weight excluding hydrogens is 194 g/mol. The van der Waals surface area contributed by atoms with E-state index in [0.717, 1.165) is 23.4 Å². The lowest BCUT2D eigenvalue weighted by molar-refractivity contribution is 0.634. The molecule has 2 heterocycles. The lowest BCUT2D eigenvalue weighted by Crippen LogP contribution is -2.20. The zero-order valence-electron chi connectivity index (χ0n) is 5.42. The van der Waals surface area contributed by atoms with Crippen molar-refractivity contribution in [1.29, 1.82) is 0 Å². The summed E-state index contributed by atoms with van der Waals surface area (Å²) in [6.07, 6.45) is 2.73. The molecule has 1 aliphatic rings. The van der Waals surface area contributed by atoms with Crippen LogP contribution in [0.2, 0.25) is 0 Å². The Hall–Kier alpha value is -0.350. The summed E-state index contributed by atoms with van der Waals surface area (Å²) in [5.74, 6) is 1.10. The van der Waals surface area contributed by atoms with Crippen molar-refractivity contribution in [1.82, 2.24) is 9.55 Å². The molecule has 0 aromatic carbocycles. The summed E-state index contributed by atoms with van der Waals surface area (Å²) >= 11 is 3.39. The van der Waals surface area contributed by atoms with Crippen molar-refractivity contribution >= 4 is 15.9 Å². The third-order valence-corrected chi connectivity index (χ3v) is 2.38. The maximum absolute atomic E-state index is 5.72. The first-order valence-electron chi connectivity index (χ1n) is 3.23. The van der Waals surface area contributed by atoms with E-state index in [0.29, 0.717) is 0 Å². The third kappa shape index (κ3) is 0.793. The largest absolute Gasteiger partial charge is 0.326 e. The quantitative estimate of drug-likeness (QED) is 0.666. The molecular formula is C6H8BrN3. The minimum Gasteiger partial charge on any atom is -0.326 e. The Morgan fingerprint density at radius 2 is 2.60 bits per heavy atom. The summed E-state index contributed by atoms with van der Waals surface area (Å²) in [6.45, 7) is 0.899. The normalized spacial score (nSPS) is 23.2. The number of nitrogens with two attached hydrogens (primary N) is 1. The van der Waals surface area contributed by atoms with Gasteiger partial charge in [-0.2, -0.15) is 0 Å². The maximum Gasteiger partial charge on any atom is 0.111 e. The van der Waals surface area contributed by atoms with Crippen molar-refractivity contribution < 1.29 is 0 Å². The van der Waals surface area contributed by atoms with Gasteiger partial charge in [0.25, 0.3) is 0 Å². The van der Waals surface area contributed by atoms with Crippen LogP contribution >= 0.6 is 15.9 Å². The number of hydrogen-bond acceptors (Lipinski definition) is 2. The molecule has 2 N–H and O–H groups in total. The summed E-state index contributed by atoms with van der Waals surface area (Å²) in [5.41, 5.74) is 5.72. The minimum atomic E-state index is 0.264. The molecule has 2 rings (SSSR count). The minimum absolute atomic E-state index is 0.264. The van der Waals surface area contributed by atoms with Gasteiger partial charge in [0.2, 0.25) is 0 Å². The SMILES string of the molecule is NC1Cc2ncc(Br)n2C1. The van der Waals surface area contributed by atoms with Gasteiger partial charge >= 0.3 is 0 Å². The molecule has 10 heavy (non-hydrogen) atoms. The molecule has 0 saturated carbocycles. The fourth-order valence-corrected chi connectivity index (χ4v) is 1.73. The van der Waals surface area contributed by atoms with Gasteiger partial charge in [0.15, 0.2) is 0 Å². The van der Waals surface area contributed by atoms with E-state index in [-0.39, 0.29) is 6.04 Å². The fourth-order valence-electron chi connectivity index (χ4n) is 1.28. The van der Waals surface area contributed by atoms with E-state index in [2.05, 4.69) is 25.5 Å². The Balaban J connectivity index is 2.44. The van der Waals surface area contributed by atoms with Crippen LogP contribution in [0.4, 0.5) is 0 Å². The summed E-state index contributed by atoms with van der Waals surface area (Å²) in [4.78, 5) is 4.18. The molecule has 0 fully saturated rings. The van der Waals surface area contributed by atoms with Gasteiger partial charge in [-0.05, 0) is 15.9 Å². The molecule has 1 aromatic rings. The zero-order valence-corrected chi connectivity index (χ0v) is 7.00. The van der Waals surface area contributed by atoms with Gasteiger partial charge in [0.05, 0.1) is 6.20 Å². The van der Waals surface area contributed by atoms with Crippen LogP contribution < -0.4 is 5.73 Å². The van der Waals surface area contributed by atoms with Crippen LogP contribution in [-0.2, 0) is 13.0 Å². The standard InChI is InChI=1S/C6H8BrN3/c7-5-2-9-6-1-4(8)3-10(5)6/h2,4H,1,3,8H2. The Morgan fingerprint density at radius 1 is 1.80 bits per heavy atom. The zero-order chi connectivity index (χ0) is 7.14. The molecule has 1 unspecified atom stereocenters. The van der Waals surface area contributed by atoms with Crippen molar-refractivity contribution in [3.05, 3.63) is 16.6 Å². The Labute approximate surface area is 67.4 Å². The molecule has 4 heteroatoms. The Kier molecular flexibility index (Phi) is 1.32. The van der Waals surface area contributed by atoms with Crippen LogP contribution in [0.3, 0.4) is 0 Å². The number of fused-ring (bicyclic) bond motifs is 1. The average molecular weight is 202 g/mol. The summed E-state index contributed by atoms with van der Waals surface area (Å²) in [5, 5.41) is 0. The van der Waals surface area contributed by atoms with E-state index in [1.807, 2.05) is 6.20 Å². The molecule has 0 amide bonds. The number of rotatable bonds is 0. The number of aromatic nitrogens is 2. The smallest absolute Gasteiger partial charge is 0.111 e. The lowest BCUT2D eigenvalue weighted by Gasteiger charge is -1.98. The van der Waals surface area contributed by atoms with Crippen molar-refractivity contribution in [2.45, 2.75) is 19.0 Å². The van der Waals surface area contributed by atoms with E-state index in [1.54, 1.807) is 0 Å². The first-order valence-corrected chi connectivity index (χ1v) is 4.02. The number of imidazole rings is 1. The van der Waals surface area contributed by atoms with Crippen LogP contribution in [0.25, 0.3) is 0 Å². The summed E-state index contributed by atoms with van der Waals surface area (Å²) in [7, 11) is 0. The number of halogens is 1. The van der Waals surface area contributed by atoms with Crippen LogP contribution in [0, 0.1) is 0 Å². The van der Waals surface area contributed by atoms with Gasteiger partial charge in [0.1, 0.15) is 10.4 Å². The monoisotopic (exact) mass is 201 g/mol. The van der Waals surface area contributed by atoms with Crippen molar-refractivity contribution in [3.63, 3.8) is 0 Å². The average Bonchev–Trinajstić information content (AvgIpc) is 2.35. The summed E-state index contributed by atoms with van der Waals surface area (Å²) in [6, 6.07) is 0.264. The van der Waals surface area contributed by atoms with Crippen LogP contribution in [0.15, 0.2) is 10.8 Å². The highest BCUT2D eigenvalue weighted by Gasteiger charge is 2.20. The van der Waals surface area contributed by atoms with E-state index < -0.39 is 0 Å². The van der Waals surface area contributed by atoms with Gasteiger partial charge in [0, 0.05) is 19.0 Å². The summed E-state index contributed by atoms with van der Waals surface area (Å²) < 4.78 is 3.14. The van der Waals surface area contributed by atoms with E-state index in [4.69, 9.17) is 5.73 Å². The van der Waals surface area contributed by atoms with Gasteiger partial charge < -0.3 is 10.3 Å². The predicted octanol–water partition coefficient (Wildman–Crippen LogP) is 0.529. The van der Waals surface area contributed by atoms with Gasteiger partial charge in [-0.15, -0.1) is 0 Å². The topological polar surface area (TPSA) is 43.8 Å². The second kappa shape index (κ2) is 2.07. The highest BCUT2D eigenvalue weighted by Crippen LogP contribution is 2.19. The van der Waals surface area contributed by atoms with Gasteiger partial charge in [-0.25, -0.2) is 4.98 Å². The molecule has 1 aliphatic heterocycles. The van der Waals surface area contributed by atoms with Gasteiger partial charge in [-0.3, -0.25) is 0 Å². The number of nitrogens with zero attached hydrogens (tertiary/aromatic N) is 2. The molecule has 0 aliphatic carbocycles. The van der Waals surface area contributed by atoms with E-state index in [1.165, 1.54) is 0 Å². The maximum atomic E-state index is 5.72. The van der Waals surface area contributed by atoms with Crippen LogP contribution in [0.5, 0.6) is 0 Å². The molecule has 1 atom stereocenters. The van der Waals surface area contributed by atoms with Crippen LogP contribution in [-0.4, -0.2) is 15.6 Å².